The molecule has 0 aromatic heterocycles. The Morgan fingerprint density at radius 3 is 2.11 bits per heavy atom. The molecule has 0 aliphatic carbocycles. The molecule has 1 atom stereocenters. The number of nitrogens with one attached hydrogen (secondary N) is 1. The summed E-state index contributed by atoms with van der Waals surface area (Å²) >= 11 is 1.48. The molecular weight excluding hydrogens is 372 g/mol. The van der Waals surface area contributed by atoms with Crippen LogP contribution in [0.2, 0.25) is 0 Å². The van der Waals surface area contributed by atoms with Gasteiger partial charge in [-0.3, -0.25) is 15.4 Å². The van der Waals surface area contributed by atoms with Crippen LogP contribution < -0.4 is 24.3 Å². The van der Waals surface area contributed by atoms with Crippen LogP contribution >= 0.6 is 11.8 Å². The largest absolute Gasteiger partial charge is 0.493 e. The summed E-state index contributed by atoms with van der Waals surface area (Å²) in [6, 6.07) is 6.83. The van der Waals surface area contributed by atoms with Gasteiger partial charge in [0.1, 0.15) is 0 Å². The number of hydrogen-bond donors (Lipinski definition) is 1. The third kappa shape index (κ3) is 3.60. The van der Waals surface area contributed by atoms with Crippen LogP contribution in [-0.4, -0.2) is 33.4 Å². The highest BCUT2D eigenvalue weighted by Crippen LogP contribution is 2.47. The van der Waals surface area contributed by atoms with E-state index in [1.807, 2.05) is 12.1 Å². The predicted molar refractivity (Wildman–Crippen MR) is 101 cm³/mol. The maximum Gasteiger partial charge on any atom is 0.279 e. The molecule has 9 heteroatoms. The molecule has 2 aromatic carbocycles. The average Bonchev–Trinajstić information content (AvgIpc) is 2.70. The van der Waals surface area contributed by atoms with Gasteiger partial charge >= 0.3 is 0 Å². The van der Waals surface area contributed by atoms with E-state index in [0.29, 0.717) is 35.1 Å². The molecule has 1 aliphatic heterocycles. The third-order valence-corrected chi connectivity index (χ3v) is 5.59. The normalized spacial score (nSPS) is 15.6. The van der Waals surface area contributed by atoms with Crippen LogP contribution in [0.4, 0.5) is 5.69 Å². The summed E-state index contributed by atoms with van der Waals surface area (Å²) in [5, 5.41) is 14.6. The van der Waals surface area contributed by atoms with Gasteiger partial charge in [-0.05, 0) is 23.8 Å². The quantitative estimate of drug-likeness (QED) is 0.590. The molecule has 0 radical (unpaired) electrons. The molecule has 0 amide bonds. The molecule has 0 bridgehead atoms. The van der Waals surface area contributed by atoms with Gasteiger partial charge in [-0.25, -0.2) is 0 Å². The van der Waals surface area contributed by atoms with E-state index in [9.17, 15) is 10.1 Å². The molecule has 1 heterocycles. The highest BCUT2D eigenvalue weighted by molar-refractivity contribution is 7.99. The molecule has 0 spiro atoms. The van der Waals surface area contributed by atoms with Crippen molar-refractivity contribution in [3.63, 3.8) is 0 Å². The zero-order valence-corrected chi connectivity index (χ0v) is 16.2. The molecule has 0 saturated carbocycles. The van der Waals surface area contributed by atoms with Crippen molar-refractivity contribution >= 4 is 17.4 Å². The van der Waals surface area contributed by atoms with Crippen LogP contribution in [0.15, 0.2) is 29.2 Å². The minimum absolute atomic E-state index is 0.0263. The Morgan fingerprint density at radius 2 is 1.52 bits per heavy atom. The van der Waals surface area contributed by atoms with Crippen molar-refractivity contribution in [2.75, 3.05) is 28.4 Å². The predicted octanol–water partition coefficient (Wildman–Crippen LogP) is 3.52. The average molecular weight is 392 g/mol. The van der Waals surface area contributed by atoms with E-state index in [1.54, 1.807) is 20.3 Å². The molecule has 3 rings (SSSR count). The first-order valence-electron chi connectivity index (χ1n) is 8.07. The minimum atomic E-state index is -0.413. The number of nitro groups is 1. The zero-order chi connectivity index (χ0) is 19.6. The van der Waals surface area contributed by atoms with Crippen molar-refractivity contribution in [2.45, 2.75) is 16.8 Å². The standard InChI is InChI=1S/C18H20N2O6S/c1-23-13-5-10-9-19-18(27-17(10)8-16(13)26-4)11-6-14(24-2)15(25-3)7-12(11)20(21)22/h5-8,18-19H,9H2,1-4H3. The Labute approximate surface area is 160 Å². The van der Waals surface area contributed by atoms with Gasteiger partial charge in [0.15, 0.2) is 23.0 Å². The highest BCUT2D eigenvalue weighted by Gasteiger charge is 2.30. The lowest BCUT2D eigenvalue weighted by Crippen LogP contribution is -2.23. The molecule has 0 saturated heterocycles. The summed E-state index contributed by atoms with van der Waals surface area (Å²) < 4.78 is 21.2. The van der Waals surface area contributed by atoms with Crippen LogP contribution in [0.25, 0.3) is 0 Å². The minimum Gasteiger partial charge on any atom is -0.493 e. The fourth-order valence-corrected chi connectivity index (χ4v) is 4.14. The summed E-state index contributed by atoms with van der Waals surface area (Å²) in [5.74, 6) is 2.03. The smallest absolute Gasteiger partial charge is 0.279 e. The highest BCUT2D eigenvalue weighted by atomic mass is 32.2. The zero-order valence-electron chi connectivity index (χ0n) is 15.4. The lowest BCUT2D eigenvalue weighted by molar-refractivity contribution is -0.385. The van der Waals surface area contributed by atoms with Crippen molar-refractivity contribution in [3.05, 3.63) is 45.5 Å². The van der Waals surface area contributed by atoms with Gasteiger partial charge < -0.3 is 18.9 Å². The first-order chi connectivity index (χ1) is 13.0. The Bertz CT molecular complexity index is 873. The van der Waals surface area contributed by atoms with Gasteiger partial charge in [-0.2, -0.15) is 0 Å². The van der Waals surface area contributed by atoms with Gasteiger partial charge in [0, 0.05) is 11.4 Å². The molecule has 144 valence electrons. The number of rotatable bonds is 6. The monoisotopic (exact) mass is 392 g/mol. The number of nitro benzene ring substituents is 1. The maximum atomic E-state index is 11.6. The lowest BCUT2D eigenvalue weighted by Gasteiger charge is -2.27. The molecule has 27 heavy (non-hydrogen) atoms. The molecular formula is C18H20N2O6S. The third-order valence-electron chi connectivity index (χ3n) is 4.30. The summed E-state index contributed by atoms with van der Waals surface area (Å²) in [6.07, 6.45) is 0. The Balaban J connectivity index is 2.02. The fourth-order valence-electron chi connectivity index (χ4n) is 2.95. The molecule has 0 fully saturated rings. The van der Waals surface area contributed by atoms with E-state index in [0.717, 1.165) is 10.5 Å². The van der Waals surface area contributed by atoms with E-state index in [1.165, 1.54) is 32.0 Å². The van der Waals surface area contributed by atoms with E-state index in [-0.39, 0.29) is 11.1 Å². The van der Waals surface area contributed by atoms with Crippen LogP contribution in [0, 0.1) is 10.1 Å². The molecule has 1 unspecified atom stereocenters. The van der Waals surface area contributed by atoms with E-state index in [4.69, 9.17) is 18.9 Å². The molecule has 1 aliphatic rings. The SMILES string of the molecule is COc1cc2c(cc1OC)SC(c1cc(OC)c(OC)cc1[N+](=O)[O-])NC2. The van der Waals surface area contributed by atoms with Crippen molar-refractivity contribution in [1.29, 1.82) is 0 Å². The second kappa shape index (κ2) is 7.93. The first-order valence-corrected chi connectivity index (χ1v) is 8.95. The molecule has 8 nitrogen and oxygen atoms in total. The van der Waals surface area contributed by atoms with Gasteiger partial charge in [-0.15, -0.1) is 11.8 Å². The number of methoxy groups -OCH3 is 4. The fraction of sp³-hybridized carbons (Fsp3) is 0.333. The summed E-state index contributed by atoms with van der Waals surface area (Å²) in [5.41, 5.74) is 1.53. The number of ether oxygens (including phenoxy) is 4. The maximum absolute atomic E-state index is 11.6. The number of benzene rings is 2. The first kappa shape index (κ1) is 19.1. The van der Waals surface area contributed by atoms with E-state index >= 15 is 0 Å². The second-order valence-electron chi connectivity index (χ2n) is 5.72. The summed E-state index contributed by atoms with van der Waals surface area (Å²) in [6.45, 7) is 0.541. The van der Waals surface area contributed by atoms with Gasteiger partial charge in [0.2, 0.25) is 0 Å². The van der Waals surface area contributed by atoms with Crippen molar-refractivity contribution in [3.8, 4) is 23.0 Å². The topological polar surface area (TPSA) is 92.1 Å². The van der Waals surface area contributed by atoms with Crippen LogP contribution in [0.5, 0.6) is 23.0 Å². The van der Waals surface area contributed by atoms with Crippen molar-refractivity contribution < 1.29 is 23.9 Å². The molecule has 2 aromatic rings. The van der Waals surface area contributed by atoms with E-state index in [2.05, 4.69) is 5.32 Å². The van der Waals surface area contributed by atoms with E-state index < -0.39 is 4.92 Å². The number of fused-ring (bicyclic) bond motifs is 1. The summed E-state index contributed by atoms with van der Waals surface area (Å²) in [7, 11) is 6.11. The Kier molecular flexibility index (Phi) is 5.62. The number of hydrogen-bond acceptors (Lipinski definition) is 8. The van der Waals surface area contributed by atoms with Gasteiger partial charge in [0.05, 0.1) is 50.4 Å². The number of thioether (sulfide) groups is 1. The Hall–Kier alpha value is -2.65. The lowest BCUT2D eigenvalue weighted by atomic mass is 10.1. The van der Waals surface area contributed by atoms with Crippen molar-refractivity contribution in [1.82, 2.24) is 5.32 Å². The van der Waals surface area contributed by atoms with Gasteiger partial charge in [-0.1, -0.05) is 0 Å². The van der Waals surface area contributed by atoms with Crippen LogP contribution in [0.1, 0.15) is 16.5 Å². The number of nitrogens with zero attached hydrogens (tertiary/aromatic N) is 1. The van der Waals surface area contributed by atoms with Crippen LogP contribution in [0.3, 0.4) is 0 Å². The van der Waals surface area contributed by atoms with Gasteiger partial charge in [0.25, 0.3) is 5.69 Å². The second-order valence-corrected chi connectivity index (χ2v) is 6.86. The molecule has 1 N–H and O–H groups in total. The summed E-state index contributed by atoms with van der Waals surface area (Å²) in [4.78, 5) is 12.2. The van der Waals surface area contributed by atoms with Crippen molar-refractivity contribution in [2.24, 2.45) is 0 Å². The van der Waals surface area contributed by atoms with Crippen LogP contribution in [-0.2, 0) is 6.54 Å². The Morgan fingerprint density at radius 1 is 0.963 bits per heavy atom.